The predicted octanol–water partition coefficient (Wildman–Crippen LogP) is -1.19. The number of hydrogen-bond donors (Lipinski definition) is 0. The summed E-state index contributed by atoms with van der Waals surface area (Å²) >= 11 is 0. The van der Waals surface area contributed by atoms with Gasteiger partial charge in [0.15, 0.2) is 0 Å². The smallest absolute Gasteiger partial charge is 0.562 e. The van der Waals surface area contributed by atoms with Crippen molar-refractivity contribution >= 4 is 6.49 Å². The number of rotatable bonds is 0. The van der Waals surface area contributed by atoms with Crippen LogP contribution in [0.4, 0.5) is 0 Å². The van der Waals surface area contributed by atoms with Crippen molar-refractivity contribution in [3.8, 4) is 0 Å². The van der Waals surface area contributed by atoms with E-state index in [1.165, 1.54) is 0 Å². The van der Waals surface area contributed by atoms with E-state index in [4.69, 9.17) is 0 Å². The van der Waals surface area contributed by atoms with Crippen LogP contribution in [0.1, 0.15) is 20.8 Å². The number of aromatic nitrogens is 1. The first-order chi connectivity index (χ1) is 4.52. The molecule has 1 aromatic heterocycles. The zero-order chi connectivity index (χ0) is 7.78. The molecule has 0 aliphatic rings. The Morgan fingerprint density at radius 2 is 1.82 bits per heavy atom. The summed E-state index contributed by atoms with van der Waals surface area (Å²) in [4.78, 5) is 0. The average Bonchev–Trinajstić information content (AvgIpc) is 2.11. The molecule has 0 unspecified atom stereocenters. The molecule has 0 N–H and O–H groups in total. The summed E-state index contributed by atoms with van der Waals surface area (Å²) in [6.07, 6.45) is 2.16. The van der Waals surface area contributed by atoms with E-state index in [-0.39, 0.29) is 24.4 Å². The van der Waals surface area contributed by atoms with Crippen LogP contribution in [-0.2, 0) is 12.4 Å². The van der Waals surface area contributed by atoms with Gasteiger partial charge in [-0.1, -0.05) is 12.6 Å². The molecule has 1 aromatic rings. The molecular weight excluding hydrogens is 128 g/mol. The van der Waals surface area contributed by atoms with Gasteiger partial charge in [0.25, 0.3) is 0 Å². The Balaban J connectivity index is 0.000001000. The van der Waals surface area contributed by atoms with Crippen LogP contribution >= 0.6 is 0 Å². The molecule has 0 radical (unpaired) electrons. The summed E-state index contributed by atoms with van der Waals surface area (Å²) < 4.78 is 2.35. The topological polar surface area (TPSA) is 4.93 Å². The van der Waals surface area contributed by atoms with Gasteiger partial charge < -0.3 is 4.47 Å². The molecule has 0 saturated carbocycles. The Morgan fingerprint density at radius 1 is 1.27 bits per heavy atom. The molecule has 56 valence electrons. The van der Waals surface area contributed by atoms with Crippen LogP contribution in [0.15, 0.2) is 18.2 Å². The van der Waals surface area contributed by atoms with Crippen LogP contribution in [0, 0.1) is 0 Å². The molecule has 0 bridgehead atoms. The second kappa shape index (κ2) is 3.65. The zero-order valence-corrected chi connectivity index (χ0v) is 8.26. The fraction of sp³-hybridized carbons (Fsp3) is 0.625. The zero-order valence-electron chi connectivity index (χ0n) is 8.26. The van der Waals surface area contributed by atoms with Crippen molar-refractivity contribution in [2.75, 3.05) is 0 Å². The molecule has 0 aliphatic carbocycles. The van der Waals surface area contributed by atoms with Gasteiger partial charge in [0.05, 0.1) is 0 Å². The molecule has 3 heteroatoms. The first kappa shape index (κ1) is 11.1. The molecule has 0 spiro atoms. The first-order valence-electron chi connectivity index (χ1n) is 3.82. The summed E-state index contributed by atoms with van der Waals surface area (Å²) in [5.74, 6) is 2.21. The minimum Gasteiger partial charge on any atom is -0.562 e. The van der Waals surface area contributed by atoms with Crippen LogP contribution in [0.5, 0.6) is 0 Å². The molecule has 11 heavy (non-hydrogen) atoms. The Morgan fingerprint density at radius 3 is 2.00 bits per heavy atom. The van der Waals surface area contributed by atoms with Crippen LogP contribution in [-0.4, -0.2) is 11.0 Å². The van der Waals surface area contributed by atoms with Gasteiger partial charge >= 0.3 is 18.9 Å². The van der Waals surface area contributed by atoms with E-state index in [2.05, 4.69) is 50.3 Å². The van der Waals surface area contributed by atoms with Crippen molar-refractivity contribution in [3.05, 3.63) is 18.2 Å². The summed E-state index contributed by atoms with van der Waals surface area (Å²) in [5, 5.41) is 0. The molecule has 0 aliphatic heterocycles. The average molecular weight is 143 g/mol. The van der Waals surface area contributed by atoms with E-state index in [9.17, 15) is 0 Å². The van der Waals surface area contributed by atoms with Gasteiger partial charge in [-0.3, -0.25) is 0 Å². The number of aryl methyl sites for hydroxylation is 1. The normalized spacial score (nSPS) is 10.9. The second-order valence-electron chi connectivity index (χ2n) is 3.85. The first-order valence-corrected chi connectivity index (χ1v) is 3.82. The van der Waals surface area contributed by atoms with Gasteiger partial charge in [-0.15, -0.1) is 0 Å². The number of nitrogens with zero attached hydrogens (tertiary/aromatic N) is 1. The third-order valence-corrected chi connectivity index (χ3v) is 1.85. The third-order valence-electron chi connectivity index (χ3n) is 1.85. The van der Waals surface area contributed by atoms with Crippen molar-refractivity contribution in [1.82, 2.24) is 4.47 Å². The Labute approximate surface area is 81.4 Å². The summed E-state index contributed by atoms with van der Waals surface area (Å²) in [5.41, 5.74) is 0.267. The Kier molecular flexibility index (Phi) is 3.67. The van der Waals surface area contributed by atoms with Gasteiger partial charge in [0, 0.05) is 0 Å². The molecule has 0 fully saturated rings. The van der Waals surface area contributed by atoms with Gasteiger partial charge in [0.1, 0.15) is 0 Å². The van der Waals surface area contributed by atoms with Crippen molar-refractivity contribution in [3.63, 3.8) is 0 Å². The molecule has 0 amide bonds. The molecule has 0 saturated heterocycles. The summed E-state index contributed by atoms with van der Waals surface area (Å²) in [6.45, 7) is 9.47. The van der Waals surface area contributed by atoms with Gasteiger partial charge in [0.2, 0.25) is 0 Å². The quantitative estimate of drug-likeness (QED) is 0.402. The van der Waals surface area contributed by atoms with Crippen LogP contribution in [0.2, 0.25) is 0 Å². The molecular formula is C8H15BLiN. The second-order valence-corrected chi connectivity index (χ2v) is 3.85. The maximum Gasteiger partial charge on any atom is 1.00 e. The minimum absolute atomic E-state index is 0. The van der Waals surface area contributed by atoms with Crippen molar-refractivity contribution in [2.45, 2.75) is 26.3 Å². The van der Waals surface area contributed by atoms with Crippen LogP contribution in [0.3, 0.4) is 0 Å². The van der Waals surface area contributed by atoms with Crippen molar-refractivity contribution in [1.29, 1.82) is 0 Å². The largest absolute Gasteiger partial charge is 1.00 e. The molecule has 1 rings (SSSR count). The van der Waals surface area contributed by atoms with Gasteiger partial charge in [-0.25, -0.2) is 5.96 Å². The van der Waals surface area contributed by atoms with Crippen LogP contribution in [0.25, 0.3) is 0 Å². The molecule has 1 nitrogen and oxygen atoms in total. The monoisotopic (exact) mass is 143 g/mol. The Hall–Kier alpha value is 0.0723. The predicted molar refractivity (Wildman–Crippen MR) is 46.4 cm³/mol. The Bertz CT molecular complexity index is 224. The molecule has 0 aromatic carbocycles. The van der Waals surface area contributed by atoms with Crippen LogP contribution < -0.4 is 18.9 Å². The minimum atomic E-state index is 0. The fourth-order valence-corrected chi connectivity index (χ4v) is 1.37. The van der Waals surface area contributed by atoms with Gasteiger partial charge in [-0.05, 0) is 32.5 Å². The maximum absolute atomic E-state index is 2.35. The fourth-order valence-electron chi connectivity index (χ4n) is 1.37. The summed E-state index contributed by atoms with van der Waals surface area (Å²) in [7, 11) is 0. The van der Waals surface area contributed by atoms with E-state index in [0.717, 1.165) is 0 Å². The number of hydrogen-bond acceptors (Lipinski definition) is 0. The third kappa shape index (κ3) is 2.54. The standard InChI is InChI=1S/C8H15BN.Li/c1-8(2,3)10-7-5-6-9(10)4;/h5-7H,1-4H3;/q-1;+1. The van der Waals surface area contributed by atoms with E-state index in [0.29, 0.717) is 6.49 Å². The van der Waals surface area contributed by atoms with Crippen molar-refractivity contribution in [2.24, 2.45) is 6.82 Å². The summed E-state index contributed by atoms with van der Waals surface area (Å²) in [6, 6.07) is 2.12. The maximum atomic E-state index is 2.35. The van der Waals surface area contributed by atoms with E-state index in [1.807, 2.05) is 0 Å². The van der Waals surface area contributed by atoms with E-state index >= 15 is 0 Å². The van der Waals surface area contributed by atoms with E-state index < -0.39 is 0 Å². The molecule has 0 atom stereocenters. The van der Waals surface area contributed by atoms with E-state index in [1.54, 1.807) is 0 Å². The van der Waals surface area contributed by atoms with Gasteiger partial charge in [-0.2, -0.15) is 6.82 Å². The SMILES string of the molecule is C[b-]1cccn1C(C)(C)C.[Li+]. The molecule has 1 heterocycles. The van der Waals surface area contributed by atoms with Crippen molar-refractivity contribution < 1.29 is 18.9 Å².